The zero-order valence-corrected chi connectivity index (χ0v) is 13.0. The Morgan fingerprint density at radius 1 is 0.870 bits per heavy atom. The van der Waals surface area contributed by atoms with Crippen molar-refractivity contribution in [1.29, 1.82) is 0 Å². The van der Waals surface area contributed by atoms with E-state index >= 15 is 0 Å². The lowest BCUT2D eigenvalue weighted by Gasteiger charge is -2.13. The fraction of sp³-hybridized carbons (Fsp3) is 0.0952. The standard InChI is InChI=1S/C21H18O2/c1-16-11-12-18(14-22)20(13-16)19-9-5-6-10-21(19)23-15-17-7-3-2-4-8-17/h2-14H,15H2,1H3. The Bertz CT molecular complexity index is 807. The molecule has 0 saturated carbocycles. The molecule has 0 aliphatic rings. The van der Waals surface area contributed by atoms with Gasteiger partial charge in [-0.2, -0.15) is 0 Å². The van der Waals surface area contributed by atoms with Gasteiger partial charge in [-0.05, 0) is 24.1 Å². The van der Waals surface area contributed by atoms with Crippen molar-refractivity contribution in [3.63, 3.8) is 0 Å². The second-order valence-electron chi connectivity index (χ2n) is 5.48. The first-order valence-corrected chi connectivity index (χ1v) is 7.60. The third kappa shape index (κ3) is 3.49. The van der Waals surface area contributed by atoms with Crippen molar-refractivity contribution in [2.24, 2.45) is 0 Å². The first-order valence-electron chi connectivity index (χ1n) is 7.60. The lowest BCUT2D eigenvalue weighted by Crippen LogP contribution is -1.98. The van der Waals surface area contributed by atoms with Gasteiger partial charge in [0.15, 0.2) is 6.29 Å². The van der Waals surface area contributed by atoms with Gasteiger partial charge in [-0.3, -0.25) is 4.79 Å². The lowest BCUT2D eigenvalue weighted by molar-refractivity contribution is 0.112. The van der Waals surface area contributed by atoms with E-state index in [-0.39, 0.29) is 0 Å². The molecule has 3 rings (SSSR count). The van der Waals surface area contributed by atoms with Crippen molar-refractivity contribution >= 4 is 6.29 Å². The quantitative estimate of drug-likeness (QED) is 0.616. The van der Waals surface area contributed by atoms with Crippen LogP contribution in [-0.4, -0.2) is 6.29 Å². The summed E-state index contributed by atoms with van der Waals surface area (Å²) < 4.78 is 6.00. The largest absolute Gasteiger partial charge is 0.488 e. The third-order valence-electron chi connectivity index (χ3n) is 3.75. The van der Waals surface area contributed by atoms with Gasteiger partial charge < -0.3 is 4.74 Å². The molecule has 2 nitrogen and oxygen atoms in total. The maximum atomic E-state index is 11.4. The van der Waals surface area contributed by atoms with Gasteiger partial charge in [-0.15, -0.1) is 0 Å². The van der Waals surface area contributed by atoms with Crippen molar-refractivity contribution in [2.45, 2.75) is 13.5 Å². The Morgan fingerprint density at radius 2 is 1.61 bits per heavy atom. The summed E-state index contributed by atoms with van der Waals surface area (Å²) in [6.45, 7) is 2.52. The molecule has 0 aliphatic heterocycles. The van der Waals surface area contributed by atoms with Gasteiger partial charge in [0.25, 0.3) is 0 Å². The minimum atomic E-state index is 0.500. The summed E-state index contributed by atoms with van der Waals surface area (Å²) >= 11 is 0. The fourth-order valence-electron chi connectivity index (χ4n) is 2.56. The molecule has 23 heavy (non-hydrogen) atoms. The molecule has 0 bridgehead atoms. The Kier molecular flexibility index (Phi) is 4.53. The third-order valence-corrected chi connectivity index (χ3v) is 3.75. The first-order chi connectivity index (χ1) is 11.3. The summed E-state index contributed by atoms with van der Waals surface area (Å²) in [6, 6.07) is 23.7. The summed E-state index contributed by atoms with van der Waals surface area (Å²) in [6.07, 6.45) is 0.892. The molecule has 0 aromatic heterocycles. The van der Waals surface area contributed by atoms with E-state index in [9.17, 15) is 4.79 Å². The Morgan fingerprint density at radius 3 is 2.39 bits per heavy atom. The average Bonchev–Trinajstić information content (AvgIpc) is 2.61. The molecule has 0 heterocycles. The van der Waals surface area contributed by atoms with Crippen molar-refractivity contribution in [3.05, 3.63) is 89.5 Å². The van der Waals surface area contributed by atoms with Crippen molar-refractivity contribution in [3.8, 4) is 16.9 Å². The zero-order valence-electron chi connectivity index (χ0n) is 13.0. The predicted molar refractivity (Wildman–Crippen MR) is 92.8 cm³/mol. The van der Waals surface area contributed by atoms with E-state index in [4.69, 9.17) is 4.74 Å². The minimum Gasteiger partial charge on any atom is -0.488 e. The van der Waals surface area contributed by atoms with Gasteiger partial charge in [-0.1, -0.05) is 72.3 Å². The van der Waals surface area contributed by atoms with E-state index in [0.29, 0.717) is 12.2 Å². The molecule has 0 saturated heterocycles. The van der Waals surface area contributed by atoms with Crippen LogP contribution >= 0.6 is 0 Å². The number of rotatable bonds is 5. The highest BCUT2D eigenvalue weighted by Crippen LogP contribution is 2.33. The van der Waals surface area contributed by atoms with Crippen LogP contribution in [0.5, 0.6) is 5.75 Å². The summed E-state index contributed by atoms with van der Waals surface area (Å²) in [7, 11) is 0. The number of hydrogen-bond donors (Lipinski definition) is 0. The molecule has 0 fully saturated rings. The van der Waals surface area contributed by atoms with Crippen LogP contribution in [-0.2, 0) is 6.61 Å². The van der Waals surface area contributed by atoms with Gasteiger partial charge in [-0.25, -0.2) is 0 Å². The molecule has 3 aromatic carbocycles. The van der Waals surface area contributed by atoms with Crippen LogP contribution in [0.3, 0.4) is 0 Å². The van der Waals surface area contributed by atoms with E-state index < -0.39 is 0 Å². The minimum absolute atomic E-state index is 0.500. The van der Waals surface area contributed by atoms with Crippen molar-refractivity contribution < 1.29 is 9.53 Å². The van der Waals surface area contributed by atoms with E-state index in [0.717, 1.165) is 34.3 Å². The predicted octanol–water partition coefficient (Wildman–Crippen LogP) is 5.05. The highest BCUT2D eigenvalue weighted by atomic mass is 16.5. The van der Waals surface area contributed by atoms with Crippen LogP contribution in [0, 0.1) is 6.92 Å². The maximum Gasteiger partial charge on any atom is 0.150 e. The SMILES string of the molecule is Cc1ccc(C=O)c(-c2ccccc2OCc2ccccc2)c1. The number of aryl methyl sites for hydroxylation is 1. The molecule has 3 aromatic rings. The van der Waals surface area contributed by atoms with Crippen molar-refractivity contribution in [2.75, 3.05) is 0 Å². The molecule has 0 atom stereocenters. The number of benzene rings is 3. The van der Waals surface area contributed by atoms with Gasteiger partial charge in [0, 0.05) is 11.1 Å². The Labute approximate surface area is 136 Å². The molecule has 0 amide bonds. The summed E-state index contributed by atoms with van der Waals surface area (Å²) in [4.78, 5) is 11.4. The number of para-hydroxylation sites is 1. The van der Waals surface area contributed by atoms with Crippen LogP contribution in [0.15, 0.2) is 72.8 Å². The van der Waals surface area contributed by atoms with Crippen LogP contribution in [0.1, 0.15) is 21.5 Å². The van der Waals surface area contributed by atoms with Crippen LogP contribution < -0.4 is 4.74 Å². The molecule has 2 heteroatoms. The van der Waals surface area contributed by atoms with E-state index in [1.54, 1.807) is 0 Å². The smallest absolute Gasteiger partial charge is 0.150 e. The van der Waals surface area contributed by atoms with Gasteiger partial charge >= 0.3 is 0 Å². The highest BCUT2D eigenvalue weighted by Gasteiger charge is 2.10. The topological polar surface area (TPSA) is 26.3 Å². The van der Waals surface area contributed by atoms with Gasteiger partial charge in [0.1, 0.15) is 12.4 Å². The molecule has 114 valence electrons. The monoisotopic (exact) mass is 302 g/mol. The summed E-state index contributed by atoms with van der Waals surface area (Å²) in [5, 5.41) is 0. The number of aldehydes is 1. The molecular formula is C21H18O2. The maximum absolute atomic E-state index is 11.4. The second-order valence-corrected chi connectivity index (χ2v) is 5.48. The van der Waals surface area contributed by atoms with Crippen LogP contribution in [0.25, 0.3) is 11.1 Å². The first kappa shape index (κ1) is 15.0. The number of carbonyl (C=O) groups is 1. The molecule has 0 radical (unpaired) electrons. The van der Waals surface area contributed by atoms with E-state index in [1.807, 2.05) is 79.7 Å². The summed E-state index contributed by atoms with van der Waals surface area (Å²) in [5.74, 6) is 0.782. The molecule has 0 unspecified atom stereocenters. The molecule has 0 N–H and O–H groups in total. The van der Waals surface area contributed by atoms with E-state index in [2.05, 4.69) is 0 Å². The Balaban J connectivity index is 1.95. The fourth-order valence-corrected chi connectivity index (χ4v) is 2.56. The van der Waals surface area contributed by atoms with E-state index in [1.165, 1.54) is 0 Å². The Hall–Kier alpha value is -2.87. The van der Waals surface area contributed by atoms with Crippen LogP contribution in [0.4, 0.5) is 0 Å². The molecule has 0 spiro atoms. The van der Waals surface area contributed by atoms with Crippen LogP contribution in [0.2, 0.25) is 0 Å². The number of hydrogen-bond acceptors (Lipinski definition) is 2. The summed E-state index contributed by atoms with van der Waals surface area (Å²) in [5.41, 5.74) is 4.75. The highest BCUT2D eigenvalue weighted by molar-refractivity contribution is 5.89. The lowest BCUT2D eigenvalue weighted by atomic mass is 9.97. The second kappa shape index (κ2) is 6.93. The van der Waals surface area contributed by atoms with Gasteiger partial charge in [0.2, 0.25) is 0 Å². The number of carbonyl (C=O) groups excluding carboxylic acids is 1. The zero-order chi connectivity index (χ0) is 16.1. The normalized spacial score (nSPS) is 10.3. The average molecular weight is 302 g/mol. The van der Waals surface area contributed by atoms with Gasteiger partial charge in [0.05, 0.1) is 0 Å². The van der Waals surface area contributed by atoms with Crippen molar-refractivity contribution in [1.82, 2.24) is 0 Å². The molecule has 0 aliphatic carbocycles. The number of ether oxygens (including phenoxy) is 1. The molecular weight excluding hydrogens is 284 g/mol.